The average molecular weight is 479 g/mol. The molecule has 1 aliphatic rings. The van der Waals surface area contributed by atoms with Gasteiger partial charge in [0.1, 0.15) is 11.9 Å². The van der Waals surface area contributed by atoms with Crippen molar-refractivity contribution in [2.24, 2.45) is 0 Å². The molecule has 0 saturated heterocycles. The highest BCUT2D eigenvalue weighted by Crippen LogP contribution is 2.35. The zero-order valence-corrected chi connectivity index (χ0v) is 17.0. The SMILES string of the molecule is N#CC1=C(n2nccn2)NCC(NC(=O)c2cnn(-c3ccc(F)cc3Cl)c2C(F)(F)F)=C1. The lowest BCUT2D eigenvalue weighted by atomic mass is 10.1. The van der Waals surface area contributed by atoms with Gasteiger partial charge >= 0.3 is 6.18 Å². The third-order valence-corrected chi connectivity index (χ3v) is 4.76. The number of halogens is 5. The Morgan fingerprint density at radius 2 is 1.97 bits per heavy atom. The van der Waals surface area contributed by atoms with Crippen molar-refractivity contribution in [3.63, 3.8) is 0 Å². The largest absolute Gasteiger partial charge is 0.434 e. The van der Waals surface area contributed by atoms with Gasteiger partial charge in [0.25, 0.3) is 5.91 Å². The smallest absolute Gasteiger partial charge is 0.362 e. The number of dihydropyridines is 1. The van der Waals surface area contributed by atoms with E-state index in [1.54, 1.807) is 0 Å². The Bertz CT molecular complexity index is 1330. The normalized spacial score (nSPS) is 13.9. The lowest BCUT2D eigenvalue weighted by Gasteiger charge is -2.19. The number of carbonyl (C=O) groups excluding carboxylic acids is 1. The fraction of sp³-hybridized carbons (Fsp3) is 0.105. The highest BCUT2D eigenvalue weighted by Gasteiger charge is 2.41. The summed E-state index contributed by atoms with van der Waals surface area (Å²) in [6.45, 7) is -0.0208. The topological polar surface area (TPSA) is 113 Å². The van der Waals surface area contributed by atoms with Gasteiger partial charge in [-0.05, 0) is 24.3 Å². The fourth-order valence-corrected chi connectivity index (χ4v) is 3.33. The first-order valence-electron chi connectivity index (χ1n) is 9.06. The van der Waals surface area contributed by atoms with E-state index in [0.29, 0.717) is 4.68 Å². The molecule has 2 aromatic heterocycles. The Kier molecular flexibility index (Phi) is 5.60. The van der Waals surface area contributed by atoms with Crippen LogP contribution < -0.4 is 10.6 Å². The molecule has 14 heteroatoms. The Morgan fingerprint density at radius 3 is 2.61 bits per heavy atom. The molecule has 0 fully saturated rings. The van der Waals surface area contributed by atoms with Crippen LogP contribution in [-0.2, 0) is 6.18 Å². The molecule has 0 saturated carbocycles. The zero-order valence-electron chi connectivity index (χ0n) is 16.2. The van der Waals surface area contributed by atoms with E-state index in [2.05, 4.69) is 25.9 Å². The number of hydrogen-bond donors (Lipinski definition) is 2. The number of amides is 1. The van der Waals surface area contributed by atoms with Gasteiger partial charge in [0.2, 0.25) is 0 Å². The first kappa shape index (κ1) is 22.0. The van der Waals surface area contributed by atoms with E-state index in [1.165, 1.54) is 18.5 Å². The second kappa shape index (κ2) is 8.40. The Labute approximate surface area is 187 Å². The highest BCUT2D eigenvalue weighted by molar-refractivity contribution is 6.32. The summed E-state index contributed by atoms with van der Waals surface area (Å²) < 4.78 is 55.3. The van der Waals surface area contributed by atoms with Gasteiger partial charge in [-0.25, -0.2) is 9.07 Å². The number of allylic oxidation sites excluding steroid dienone is 2. The molecule has 0 atom stereocenters. The Hall–Kier alpha value is -4.18. The molecular weight excluding hydrogens is 468 g/mol. The minimum atomic E-state index is -4.99. The summed E-state index contributed by atoms with van der Waals surface area (Å²) in [5, 5.41) is 25.7. The van der Waals surface area contributed by atoms with Crippen LogP contribution in [0, 0.1) is 17.1 Å². The number of alkyl halides is 3. The molecule has 4 rings (SSSR count). The van der Waals surface area contributed by atoms with E-state index < -0.39 is 29.2 Å². The fourth-order valence-electron chi connectivity index (χ4n) is 3.08. The van der Waals surface area contributed by atoms with Crippen LogP contribution in [0.15, 0.2) is 54.1 Å². The Morgan fingerprint density at radius 1 is 1.24 bits per heavy atom. The molecule has 0 bridgehead atoms. The monoisotopic (exact) mass is 478 g/mol. The van der Waals surface area contributed by atoms with Crippen LogP contribution >= 0.6 is 11.6 Å². The minimum absolute atomic E-state index is 0.0208. The predicted octanol–water partition coefficient (Wildman–Crippen LogP) is 2.88. The first-order valence-corrected chi connectivity index (χ1v) is 9.44. The van der Waals surface area contributed by atoms with E-state index in [4.69, 9.17) is 11.6 Å². The van der Waals surface area contributed by atoms with Crippen LogP contribution in [0.2, 0.25) is 5.02 Å². The van der Waals surface area contributed by atoms with Crippen molar-refractivity contribution in [2.75, 3.05) is 6.54 Å². The van der Waals surface area contributed by atoms with E-state index in [0.717, 1.165) is 29.2 Å². The number of carbonyl (C=O) groups is 1. The molecule has 1 aliphatic heterocycles. The maximum Gasteiger partial charge on any atom is 0.434 e. The molecule has 1 amide bonds. The summed E-state index contributed by atoms with van der Waals surface area (Å²) in [7, 11) is 0. The van der Waals surface area contributed by atoms with Crippen molar-refractivity contribution in [1.29, 1.82) is 5.26 Å². The average Bonchev–Trinajstić information content (AvgIpc) is 3.43. The predicted molar refractivity (Wildman–Crippen MR) is 106 cm³/mol. The van der Waals surface area contributed by atoms with Gasteiger partial charge in [-0.3, -0.25) is 4.79 Å². The van der Waals surface area contributed by atoms with E-state index in [9.17, 15) is 27.6 Å². The standard InChI is InChI=1S/C19H11ClF4N8O/c20-14-6-11(21)1-2-15(14)31-16(19(22,23)24)13(9-29-31)18(33)30-12-5-10(7-25)17(26-8-12)32-27-3-4-28-32/h1-6,9,26H,8H2,(H,30,33). The van der Waals surface area contributed by atoms with Crippen molar-refractivity contribution in [3.8, 4) is 11.8 Å². The molecule has 0 aliphatic carbocycles. The van der Waals surface area contributed by atoms with E-state index >= 15 is 0 Å². The Balaban J connectivity index is 1.68. The summed E-state index contributed by atoms with van der Waals surface area (Å²) >= 11 is 5.88. The quantitative estimate of drug-likeness (QED) is 0.557. The number of nitriles is 1. The van der Waals surface area contributed by atoms with Crippen molar-refractivity contribution in [3.05, 3.63) is 76.2 Å². The molecule has 0 spiro atoms. The zero-order chi connectivity index (χ0) is 23.8. The highest BCUT2D eigenvalue weighted by atomic mass is 35.5. The molecule has 0 radical (unpaired) electrons. The molecule has 3 heterocycles. The van der Waals surface area contributed by atoms with Crippen LogP contribution in [0.5, 0.6) is 0 Å². The van der Waals surface area contributed by atoms with Crippen LogP contribution in [0.3, 0.4) is 0 Å². The van der Waals surface area contributed by atoms with Gasteiger partial charge in [-0.2, -0.15) is 33.7 Å². The number of nitrogens with one attached hydrogen (secondary N) is 2. The summed E-state index contributed by atoms with van der Waals surface area (Å²) in [4.78, 5) is 13.9. The molecule has 3 aromatic rings. The minimum Gasteiger partial charge on any atom is -0.362 e. The molecule has 33 heavy (non-hydrogen) atoms. The van der Waals surface area contributed by atoms with Crippen molar-refractivity contribution < 1.29 is 22.4 Å². The molecule has 2 N–H and O–H groups in total. The van der Waals surface area contributed by atoms with Crippen LogP contribution in [0.4, 0.5) is 17.6 Å². The number of nitrogens with zero attached hydrogens (tertiary/aromatic N) is 6. The van der Waals surface area contributed by atoms with Crippen molar-refractivity contribution in [2.45, 2.75) is 6.18 Å². The maximum absolute atomic E-state index is 13.9. The van der Waals surface area contributed by atoms with Crippen LogP contribution in [-0.4, -0.2) is 37.2 Å². The number of rotatable bonds is 4. The third-order valence-electron chi connectivity index (χ3n) is 4.45. The van der Waals surface area contributed by atoms with Crippen LogP contribution in [0.25, 0.3) is 11.5 Å². The molecule has 1 aromatic carbocycles. The summed E-state index contributed by atoms with van der Waals surface area (Å²) in [5.74, 6) is -1.61. The van der Waals surface area contributed by atoms with Gasteiger partial charge in [-0.15, -0.1) is 4.80 Å². The summed E-state index contributed by atoms with van der Waals surface area (Å²) in [5.41, 5.74) is -2.25. The lowest BCUT2D eigenvalue weighted by Crippen LogP contribution is -2.34. The molecule has 9 nitrogen and oxygen atoms in total. The van der Waals surface area contributed by atoms with Gasteiger partial charge < -0.3 is 10.6 Å². The summed E-state index contributed by atoms with van der Waals surface area (Å²) in [6, 6.07) is 4.67. The maximum atomic E-state index is 13.9. The van der Waals surface area contributed by atoms with E-state index in [1.807, 2.05) is 6.07 Å². The first-order chi connectivity index (χ1) is 15.7. The van der Waals surface area contributed by atoms with Gasteiger partial charge in [-0.1, -0.05) is 11.6 Å². The van der Waals surface area contributed by atoms with Crippen molar-refractivity contribution >= 4 is 23.3 Å². The van der Waals surface area contributed by atoms with E-state index in [-0.39, 0.29) is 34.3 Å². The number of benzene rings is 1. The van der Waals surface area contributed by atoms with Gasteiger partial charge in [0.15, 0.2) is 11.5 Å². The second-order valence-electron chi connectivity index (χ2n) is 6.58. The molecule has 0 unspecified atom stereocenters. The molecule has 168 valence electrons. The van der Waals surface area contributed by atoms with Crippen molar-refractivity contribution in [1.82, 2.24) is 35.4 Å². The third kappa shape index (κ3) is 4.28. The van der Waals surface area contributed by atoms with Crippen LogP contribution in [0.1, 0.15) is 16.1 Å². The summed E-state index contributed by atoms with van der Waals surface area (Å²) in [6.07, 6.45) is -0.171. The number of aromatic nitrogens is 5. The van der Waals surface area contributed by atoms with Gasteiger partial charge in [0, 0.05) is 5.70 Å². The second-order valence-corrected chi connectivity index (χ2v) is 6.99. The lowest BCUT2D eigenvalue weighted by molar-refractivity contribution is -0.143. The van der Waals surface area contributed by atoms with Gasteiger partial charge in [0.05, 0.1) is 47.0 Å². The number of hydrogen-bond acceptors (Lipinski definition) is 6. The molecular formula is C19H11ClF4N8O.